The Morgan fingerprint density at radius 3 is 2.19 bits per heavy atom. The highest BCUT2D eigenvalue weighted by Gasteiger charge is 2.47. The zero-order chi connectivity index (χ0) is 26.4. The number of anilines is 1. The molecule has 0 radical (unpaired) electrons. The van der Waals surface area contributed by atoms with Crippen molar-refractivity contribution in [3.63, 3.8) is 0 Å². The number of aliphatic hydroxyl groups is 1. The summed E-state index contributed by atoms with van der Waals surface area (Å²) in [7, 11) is 1.46. The Morgan fingerprint density at radius 2 is 1.64 bits per heavy atom. The monoisotopic (exact) mass is 527 g/mol. The Kier molecular flexibility index (Phi) is 6.86. The lowest BCUT2D eigenvalue weighted by Gasteiger charge is -2.27. The van der Waals surface area contributed by atoms with Crippen molar-refractivity contribution in [2.75, 3.05) is 12.0 Å². The van der Waals surface area contributed by atoms with Crippen LogP contribution in [-0.4, -0.2) is 23.9 Å². The summed E-state index contributed by atoms with van der Waals surface area (Å²) >= 11 is 12.2. The number of carbonyl (C=O) groups excluding carboxylic acids is 2. The van der Waals surface area contributed by atoms with Gasteiger partial charge >= 0.3 is 0 Å². The van der Waals surface area contributed by atoms with Gasteiger partial charge in [-0.05, 0) is 52.9 Å². The van der Waals surface area contributed by atoms with Gasteiger partial charge in [-0.1, -0.05) is 68.2 Å². The van der Waals surface area contributed by atoms with Crippen molar-refractivity contribution in [3.8, 4) is 5.75 Å². The molecule has 1 saturated heterocycles. The van der Waals surface area contributed by atoms with Crippen LogP contribution in [0.4, 0.5) is 10.1 Å². The van der Waals surface area contributed by atoms with Crippen LogP contribution in [-0.2, 0) is 15.0 Å². The second kappa shape index (κ2) is 9.60. The lowest BCUT2D eigenvalue weighted by molar-refractivity contribution is -0.132. The van der Waals surface area contributed by atoms with Gasteiger partial charge in [-0.2, -0.15) is 0 Å². The highest BCUT2D eigenvalue weighted by Crippen LogP contribution is 2.43. The molecule has 0 aromatic heterocycles. The number of ether oxygens (including phenoxy) is 1. The molecule has 0 aliphatic carbocycles. The number of methoxy groups -OCH3 is 1. The number of rotatable bonds is 4. The third-order valence-electron chi connectivity index (χ3n) is 6.14. The van der Waals surface area contributed by atoms with Gasteiger partial charge in [0, 0.05) is 11.3 Å². The standard InChI is InChI=1S/C28H24Cl2FNO4/c1-28(2,3)17-8-5-15(6-9-17)24-23(25(33)16-7-12-22(36-4)20(30)13-16)26(34)27(35)32(24)18-10-11-21(31)19(29)14-18/h5-14,24,33H,1-4H3/b25-23+. The van der Waals surface area contributed by atoms with Crippen molar-refractivity contribution in [3.05, 3.63) is 98.8 Å². The number of ketones is 1. The topological polar surface area (TPSA) is 66.8 Å². The molecule has 186 valence electrons. The number of hydrogen-bond acceptors (Lipinski definition) is 4. The van der Waals surface area contributed by atoms with Gasteiger partial charge in [0.2, 0.25) is 0 Å². The molecule has 3 aromatic rings. The number of amides is 1. The third-order valence-corrected chi connectivity index (χ3v) is 6.73. The maximum absolute atomic E-state index is 13.9. The predicted molar refractivity (Wildman–Crippen MR) is 139 cm³/mol. The number of nitrogens with zero attached hydrogens (tertiary/aromatic N) is 1. The summed E-state index contributed by atoms with van der Waals surface area (Å²) in [6.45, 7) is 6.21. The minimum absolute atomic E-state index is 0.120. The van der Waals surface area contributed by atoms with Gasteiger partial charge < -0.3 is 9.84 Å². The van der Waals surface area contributed by atoms with Crippen LogP contribution in [0.2, 0.25) is 10.0 Å². The second-order valence-electron chi connectivity index (χ2n) is 9.49. The first-order chi connectivity index (χ1) is 16.9. The first-order valence-electron chi connectivity index (χ1n) is 11.1. The van der Waals surface area contributed by atoms with Crippen molar-refractivity contribution in [2.24, 2.45) is 0 Å². The molecule has 4 rings (SSSR count). The number of benzene rings is 3. The Labute approximate surface area is 218 Å². The molecule has 1 amide bonds. The quantitative estimate of drug-likeness (QED) is 0.224. The van der Waals surface area contributed by atoms with Gasteiger partial charge in [0.05, 0.1) is 28.8 Å². The van der Waals surface area contributed by atoms with Crippen molar-refractivity contribution >= 4 is 46.3 Å². The minimum Gasteiger partial charge on any atom is -0.507 e. The van der Waals surface area contributed by atoms with Crippen LogP contribution in [0.3, 0.4) is 0 Å². The van der Waals surface area contributed by atoms with Crippen LogP contribution in [0.25, 0.3) is 5.76 Å². The number of halogens is 3. The smallest absolute Gasteiger partial charge is 0.300 e. The fraction of sp³-hybridized carbons (Fsp3) is 0.214. The van der Waals surface area contributed by atoms with E-state index in [0.717, 1.165) is 11.6 Å². The Balaban J connectivity index is 1.94. The maximum Gasteiger partial charge on any atom is 0.300 e. The van der Waals surface area contributed by atoms with Crippen molar-refractivity contribution in [1.29, 1.82) is 0 Å². The van der Waals surface area contributed by atoms with Crippen LogP contribution >= 0.6 is 23.2 Å². The van der Waals surface area contributed by atoms with E-state index in [0.29, 0.717) is 11.3 Å². The number of Topliss-reactive ketones (excluding diaryl/α,β-unsaturated/α-hetero) is 1. The molecule has 0 bridgehead atoms. The van der Waals surface area contributed by atoms with E-state index in [4.69, 9.17) is 27.9 Å². The van der Waals surface area contributed by atoms with Crippen molar-refractivity contribution < 1.29 is 23.8 Å². The van der Waals surface area contributed by atoms with Crippen molar-refractivity contribution in [1.82, 2.24) is 0 Å². The minimum atomic E-state index is -0.985. The van der Waals surface area contributed by atoms with Gasteiger partial charge in [0.1, 0.15) is 17.3 Å². The van der Waals surface area contributed by atoms with E-state index >= 15 is 0 Å². The number of carbonyl (C=O) groups is 2. The maximum atomic E-state index is 13.9. The number of hydrogen-bond donors (Lipinski definition) is 1. The Morgan fingerprint density at radius 1 is 0.972 bits per heavy atom. The molecule has 1 aliphatic heterocycles. The van der Waals surface area contributed by atoms with E-state index in [-0.39, 0.29) is 32.3 Å². The fourth-order valence-electron chi connectivity index (χ4n) is 4.18. The molecule has 1 unspecified atom stereocenters. The van der Waals surface area contributed by atoms with Crippen LogP contribution in [0, 0.1) is 5.82 Å². The lowest BCUT2D eigenvalue weighted by atomic mass is 9.85. The summed E-state index contributed by atoms with van der Waals surface area (Å²) in [6.07, 6.45) is 0. The molecular weight excluding hydrogens is 504 g/mol. The second-order valence-corrected chi connectivity index (χ2v) is 10.3. The van der Waals surface area contributed by atoms with Gasteiger partial charge in [-0.25, -0.2) is 4.39 Å². The lowest BCUT2D eigenvalue weighted by Crippen LogP contribution is -2.29. The number of aliphatic hydroxyl groups excluding tert-OH is 1. The summed E-state index contributed by atoms with van der Waals surface area (Å²) in [4.78, 5) is 27.8. The summed E-state index contributed by atoms with van der Waals surface area (Å²) in [5.41, 5.74) is 1.86. The highest BCUT2D eigenvalue weighted by molar-refractivity contribution is 6.52. The highest BCUT2D eigenvalue weighted by atomic mass is 35.5. The summed E-state index contributed by atoms with van der Waals surface area (Å²) in [5, 5.41) is 11.3. The SMILES string of the molecule is COc1ccc(/C(O)=C2\C(=O)C(=O)N(c3ccc(F)c(Cl)c3)C2c2ccc(C(C)(C)C)cc2)cc1Cl. The average Bonchev–Trinajstić information content (AvgIpc) is 3.10. The van der Waals surface area contributed by atoms with Gasteiger partial charge in [0.15, 0.2) is 0 Å². The van der Waals surface area contributed by atoms with E-state index in [1.54, 1.807) is 12.1 Å². The zero-order valence-electron chi connectivity index (χ0n) is 20.1. The molecule has 1 aliphatic rings. The molecule has 5 nitrogen and oxygen atoms in total. The molecular formula is C28H24Cl2FNO4. The molecule has 36 heavy (non-hydrogen) atoms. The van der Waals surface area contributed by atoms with Crippen molar-refractivity contribution in [2.45, 2.75) is 32.2 Å². The van der Waals surface area contributed by atoms with Gasteiger partial charge in [0.25, 0.3) is 11.7 Å². The van der Waals surface area contributed by atoms with Gasteiger partial charge in [-0.3, -0.25) is 14.5 Å². The van der Waals surface area contributed by atoms with E-state index in [1.807, 2.05) is 24.3 Å². The molecule has 1 fully saturated rings. The van der Waals surface area contributed by atoms with Gasteiger partial charge in [-0.15, -0.1) is 0 Å². The van der Waals surface area contributed by atoms with Crippen LogP contribution in [0.5, 0.6) is 5.75 Å². The van der Waals surface area contributed by atoms with Crippen LogP contribution in [0.1, 0.15) is 43.5 Å². The average molecular weight is 528 g/mol. The first-order valence-corrected chi connectivity index (χ1v) is 11.9. The normalized spacial score (nSPS) is 17.5. The van der Waals surface area contributed by atoms with Crippen LogP contribution in [0.15, 0.2) is 66.2 Å². The largest absolute Gasteiger partial charge is 0.507 e. The molecule has 1 atom stereocenters. The molecule has 3 aromatic carbocycles. The van der Waals surface area contributed by atoms with E-state index in [9.17, 15) is 19.1 Å². The Hall–Kier alpha value is -3.35. The Bertz CT molecular complexity index is 1390. The summed E-state index contributed by atoms with van der Waals surface area (Å²) < 4.78 is 19.1. The molecule has 8 heteroatoms. The molecule has 0 spiro atoms. The zero-order valence-corrected chi connectivity index (χ0v) is 21.6. The summed E-state index contributed by atoms with van der Waals surface area (Å²) in [6, 6.07) is 14.8. The van der Waals surface area contributed by atoms with E-state index in [2.05, 4.69) is 20.8 Å². The van der Waals surface area contributed by atoms with E-state index in [1.165, 1.54) is 30.2 Å². The van der Waals surface area contributed by atoms with Crippen LogP contribution < -0.4 is 9.64 Å². The van der Waals surface area contributed by atoms with E-state index < -0.39 is 29.3 Å². The summed E-state index contributed by atoms with van der Waals surface area (Å²) in [5.74, 6) is -2.41. The predicted octanol–water partition coefficient (Wildman–Crippen LogP) is 7.06. The molecule has 0 saturated carbocycles. The fourth-order valence-corrected chi connectivity index (χ4v) is 4.62. The third kappa shape index (κ3) is 4.59. The molecule has 1 heterocycles. The first kappa shape index (κ1) is 25.7. The molecule has 1 N–H and O–H groups in total.